The number of ether oxygens (including phenoxy) is 1. The van der Waals surface area contributed by atoms with E-state index in [1.165, 1.54) is 5.56 Å². The van der Waals surface area contributed by atoms with Crippen LogP contribution in [0.4, 0.5) is 5.13 Å². The molecule has 3 aromatic rings. The molecular weight excluding hydrogens is 376 g/mol. The van der Waals surface area contributed by atoms with Gasteiger partial charge in [0.15, 0.2) is 5.13 Å². The molecule has 1 unspecified atom stereocenters. The zero-order valence-electron chi connectivity index (χ0n) is 15.5. The fourth-order valence-electron chi connectivity index (χ4n) is 3.36. The fourth-order valence-corrected chi connectivity index (χ4v) is 5.13. The topological polar surface area (TPSA) is 42.4 Å². The molecule has 1 fully saturated rings. The number of carbonyl (C=O) groups is 1. The summed E-state index contributed by atoms with van der Waals surface area (Å²) < 4.78 is 6.90. The van der Waals surface area contributed by atoms with Gasteiger partial charge in [-0.25, -0.2) is 4.98 Å². The van der Waals surface area contributed by atoms with Crippen LogP contribution in [0.3, 0.4) is 0 Å². The summed E-state index contributed by atoms with van der Waals surface area (Å²) in [6.45, 7) is 5.48. The number of aromatic nitrogens is 1. The number of anilines is 1. The number of rotatable bonds is 5. The smallest absolute Gasteiger partial charge is 0.252 e. The highest BCUT2D eigenvalue weighted by molar-refractivity contribution is 7.22. The van der Waals surface area contributed by atoms with Gasteiger partial charge in [-0.05, 0) is 61.4 Å². The molecule has 0 radical (unpaired) electrons. The van der Waals surface area contributed by atoms with Crippen molar-refractivity contribution < 1.29 is 9.53 Å². The van der Waals surface area contributed by atoms with Gasteiger partial charge in [0.25, 0.3) is 5.91 Å². The van der Waals surface area contributed by atoms with Crippen molar-refractivity contribution in [2.24, 2.45) is 0 Å². The molecule has 0 N–H and O–H groups in total. The highest BCUT2D eigenvalue weighted by Gasteiger charge is 2.25. The van der Waals surface area contributed by atoms with Crippen LogP contribution in [0.5, 0.6) is 0 Å². The standard InChI is InChI=1S/C21H22N2O2S2/c1-14-11-15(2)20-18(12-14)27-21(22-20)23(13-16-5-3-9-25-16)19(24)8-7-17-6-4-10-26-17/h4,6-8,10-12,16H,3,5,9,13H2,1-2H3/b8-7+. The van der Waals surface area contributed by atoms with Gasteiger partial charge < -0.3 is 4.74 Å². The number of benzene rings is 1. The molecule has 4 rings (SSSR count). The van der Waals surface area contributed by atoms with Gasteiger partial charge in [0.1, 0.15) is 0 Å². The van der Waals surface area contributed by atoms with Crippen molar-refractivity contribution in [3.05, 3.63) is 51.7 Å². The lowest BCUT2D eigenvalue weighted by molar-refractivity contribution is -0.114. The summed E-state index contributed by atoms with van der Waals surface area (Å²) in [6.07, 6.45) is 5.64. The lowest BCUT2D eigenvalue weighted by Crippen LogP contribution is -2.36. The van der Waals surface area contributed by atoms with Gasteiger partial charge in [0.05, 0.1) is 22.9 Å². The Kier molecular flexibility index (Phi) is 5.38. The molecule has 27 heavy (non-hydrogen) atoms. The van der Waals surface area contributed by atoms with Crippen molar-refractivity contribution >= 4 is 50.0 Å². The first-order chi connectivity index (χ1) is 13.1. The van der Waals surface area contributed by atoms with Crippen LogP contribution in [0.1, 0.15) is 28.8 Å². The molecule has 0 saturated carbocycles. The Hall–Kier alpha value is -2.02. The van der Waals surface area contributed by atoms with Gasteiger partial charge in [0, 0.05) is 17.6 Å². The molecule has 3 heterocycles. The third-order valence-corrected chi connectivity index (χ3v) is 6.52. The van der Waals surface area contributed by atoms with Crippen molar-refractivity contribution in [3.63, 3.8) is 0 Å². The summed E-state index contributed by atoms with van der Waals surface area (Å²) in [5, 5.41) is 2.75. The molecule has 2 aromatic heterocycles. The van der Waals surface area contributed by atoms with Crippen molar-refractivity contribution in [1.82, 2.24) is 4.98 Å². The van der Waals surface area contributed by atoms with E-state index in [0.717, 1.165) is 45.2 Å². The maximum atomic E-state index is 13.0. The second-order valence-electron chi connectivity index (χ2n) is 6.86. The van der Waals surface area contributed by atoms with Crippen molar-refractivity contribution in [3.8, 4) is 0 Å². The first kappa shape index (κ1) is 18.3. The van der Waals surface area contributed by atoms with Crippen LogP contribution in [0.2, 0.25) is 0 Å². The highest BCUT2D eigenvalue weighted by atomic mass is 32.1. The number of thiophene rings is 1. The Morgan fingerprint density at radius 1 is 1.41 bits per heavy atom. The van der Waals surface area contributed by atoms with Crippen LogP contribution in [-0.2, 0) is 9.53 Å². The minimum Gasteiger partial charge on any atom is -0.376 e. The van der Waals surface area contributed by atoms with Crippen molar-refractivity contribution in [2.75, 3.05) is 18.1 Å². The van der Waals surface area contributed by atoms with E-state index in [2.05, 4.69) is 26.0 Å². The summed E-state index contributed by atoms with van der Waals surface area (Å²) in [7, 11) is 0. The van der Waals surface area contributed by atoms with E-state index >= 15 is 0 Å². The van der Waals surface area contributed by atoms with E-state index in [9.17, 15) is 4.79 Å². The number of fused-ring (bicyclic) bond motifs is 1. The molecule has 0 spiro atoms. The SMILES string of the molecule is Cc1cc(C)c2nc(N(CC3CCCO3)C(=O)/C=C/c3cccs3)sc2c1. The number of hydrogen-bond donors (Lipinski definition) is 0. The number of hydrogen-bond acceptors (Lipinski definition) is 5. The largest absolute Gasteiger partial charge is 0.376 e. The second-order valence-corrected chi connectivity index (χ2v) is 8.85. The van der Waals surface area contributed by atoms with E-state index in [4.69, 9.17) is 9.72 Å². The molecule has 1 amide bonds. The molecule has 0 bridgehead atoms. The summed E-state index contributed by atoms with van der Waals surface area (Å²) >= 11 is 3.19. The molecule has 1 aliphatic heterocycles. The second kappa shape index (κ2) is 7.92. The van der Waals surface area contributed by atoms with Crippen LogP contribution >= 0.6 is 22.7 Å². The maximum Gasteiger partial charge on any atom is 0.252 e. The van der Waals surface area contributed by atoms with Gasteiger partial charge in [-0.2, -0.15) is 0 Å². The Morgan fingerprint density at radius 2 is 2.30 bits per heavy atom. The zero-order chi connectivity index (χ0) is 18.8. The van der Waals surface area contributed by atoms with E-state index < -0.39 is 0 Å². The summed E-state index contributed by atoms with van der Waals surface area (Å²) in [5.74, 6) is -0.0488. The van der Waals surface area contributed by atoms with Crippen LogP contribution in [-0.4, -0.2) is 30.1 Å². The van der Waals surface area contributed by atoms with Gasteiger partial charge in [0.2, 0.25) is 0 Å². The maximum absolute atomic E-state index is 13.0. The van der Waals surface area contributed by atoms with Crippen LogP contribution < -0.4 is 4.90 Å². The average molecular weight is 399 g/mol. The predicted molar refractivity (Wildman–Crippen MR) is 114 cm³/mol. The molecule has 1 aliphatic rings. The third-order valence-electron chi connectivity index (χ3n) is 4.66. The average Bonchev–Trinajstić information content (AvgIpc) is 3.38. The molecule has 1 saturated heterocycles. The molecule has 0 aliphatic carbocycles. The predicted octanol–water partition coefficient (Wildman–Crippen LogP) is 5.20. The summed E-state index contributed by atoms with van der Waals surface area (Å²) in [4.78, 5) is 20.7. The first-order valence-corrected chi connectivity index (χ1v) is 10.8. The van der Waals surface area contributed by atoms with Gasteiger partial charge in [-0.15, -0.1) is 11.3 Å². The van der Waals surface area contributed by atoms with Crippen LogP contribution in [0.15, 0.2) is 35.7 Å². The highest BCUT2D eigenvalue weighted by Crippen LogP contribution is 2.32. The first-order valence-electron chi connectivity index (χ1n) is 9.12. The van der Waals surface area contributed by atoms with Gasteiger partial charge in [-0.3, -0.25) is 9.69 Å². The molecule has 140 valence electrons. The van der Waals surface area contributed by atoms with Gasteiger partial charge >= 0.3 is 0 Å². The Morgan fingerprint density at radius 3 is 3.04 bits per heavy atom. The van der Waals surface area contributed by atoms with Crippen LogP contribution in [0.25, 0.3) is 16.3 Å². The number of nitrogens with zero attached hydrogens (tertiary/aromatic N) is 2. The Bertz CT molecular complexity index is 970. The lowest BCUT2D eigenvalue weighted by Gasteiger charge is -2.21. The van der Waals surface area contributed by atoms with E-state index in [0.29, 0.717) is 6.54 Å². The molecule has 1 atom stereocenters. The molecule has 6 heteroatoms. The summed E-state index contributed by atoms with van der Waals surface area (Å²) in [5.41, 5.74) is 3.34. The number of thiazole rings is 1. The van der Waals surface area contributed by atoms with E-state index in [1.807, 2.05) is 23.6 Å². The molecular formula is C21H22N2O2S2. The lowest BCUT2D eigenvalue weighted by atomic mass is 10.1. The Labute approximate surface area is 167 Å². The molecule has 4 nitrogen and oxygen atoms in total. The van der Waals surface area contributed by atoms with E-state index in [-0.39, 0.29) is 12.0 Å². The minimum atomic E-state index is -0.0488. The van der Waals surface area contributed by atoms with Crippen LogP contribution in [0, 0.1) is 13.8 Å². The Balaban J connectivity index is 1.66. The number of aryl methyl sites for hydroxylation is 2. The fraction of sp³-hybridized carbons (Fsp3) is 0.333. The number of carbonyl (C=O) groups excluding carboxylic acids is 1. The van der Waals surface area contributed by atoms with Gasteiger partial charge in [-0.1, -0.05) is 23.5 Å². The normalized spacial score (nSPS) is 17.2. The van der Waals surface area contributed by atoms with E-state index in [1.54, 1.807) is 33.6 Å². The summed E-state index contributed by atoms with van der Waals surface area (Å²) in [6, 6.07) is 8.26. The van der Waals surface area contributed by atoms with Crippen molar-refractivity contribution in [2.45, 2.75) is 32.8 Å². The third kappa shape index (κ3) is 4.13. The molecule has 1 aromatic carbocycles. The zero-order valence-corrected chi connectivity index (χ0v) is 17.1. The number of amides is 1. The minimum absolute atomic E-state index is 0.0488. The van der Waals surface area contributed by atoms with Crippen molar-refractivity contribution in [1.29, 1.82) is 0 Å². The monoisotopic (exact) mass is 398 g/mol. The quantitative estimate of drug-likeness (QED) is 0.555.